The van der Waals surface area contributed by atoms with Crippen LogP contribution in [0.15, 0.2) is 42.9 Å². The number of amides is 1. The van der Waals surface area contributed by atoms with Crippen molar-refractivity contribution in [3.8, 4) is 0 Å². The molecule has 0 radical (unpaired) electrons. The number of aromatic amines is 1. The Hall–Kier alpha value is -2.87. The van der Waals surface area contributed by atoms with Gasteiger partial charge in [-0.1, -0.05) is 30.3 Å². The van der Waals surface area contributed by atoms with Crippen molar-refractivity contribution >= 4 is 12.1 Å². The molecule has 2 aromatic rings. The van der Waals surface area contributed by atoms with Crippen molar-refractivity contribution in [3.05, 3.63) is 54.1 Å². The SMILES string of the molecule is CC(C)(C)OC(=O)N(COCc1ccccc1)[C@@H](Cc1cnc[nH]1)C(=O)O. The molecule has 8 nitrogen and oxygen atoms in total. The van der Waals surface area contributed by atoms with Crippen molar-refractivity contribution in [2.75, 3.05) is 6.73 Å². The Balaban J connectivity index is 2.13. The summed E-state index contributed by atoms with van der Waals surface area (Å²) in [6.45, 7) is 5.20. The van der Waals surface area contributed by atoms with Crippen LogP contribution in [0.25, 0.3) is 0 Å². The molecule has 0 bridgehead atoms. The van der Waals surface area contributed by atoms with E-state index in [1.807, 2.05) is 30.3 Å². The molecule has 1 aromatic carbocycles. The molecule has 2 N–H and O–H groups in total. The van der Waals surface area contributed by atoms with Gasteiger partial charge in [0.2, 0.25) is 0 Å². The molecule has 0 saturated heterocycles. The summed E-state index contributed by atoms with van der Waals surface area (Å²) < 4.78 is 11.0. The predicted octanol–water partition coefficient (Wildman–Crippen LogP) is 2.82. The summed E-state index contributed by atoms with van der Waals surface area (Å²) in [5.41, 5.74) is 0.757. The molecule has 2 rings (SSSR count). The zero-order chi connectivity index (χ0) is 19.9. The summed E-state index contributed by atoms with van der Waals surface area (Å²) in [4.78, 5) is 32.3. The summed E-state index contributed by atoms with van der Waals surface area (Å²) >= 11 is 0. The largest absolute Gasteiger partial charge is 0.480 e. The number of hydrogen-bond acceptors (Lipinski definition) is 5. The van der Waals surface area contributed by atoms with Gasteiger partial charge in [-0.25, -0.2) is 14.6 Å². The highest BCUT2D eigenvalue weighted by atomic mass is 16.6. The van der Waals surface area contributed by atoms with Crippen LogP contribution in [0, 0.1) is 0 Å². The maximum atomic E-state index is 12.6. The van der Waals surface area contributed by atoms with Gasteiger partial charge in [0.1, 0.15) is 18.4 Å². The van der Waals surface area contributed by atoms with Crippen molar-refractivity contribution in [3.63, 3.8) is 0 Å². The Morgan fingerprint density at radius 1 is 1.26 bits per heavy atom. The highest BCUT2D eigenvalue weighted by Gasteiger charge is 2.33. The third-order valence-corrected chi connectivity index (χ3v) is 3.60. The second-order valence-corrected chi connectivity index (χ2v) is 7.05. The fourth-order valence-electron chi connectivity index (χ4n) is 2.36. The van der Waals surface area contributed by atoms with Crippen LogP contribution in [-0.4, -0.2) is 50.4 Å². The van der Waals surface area contributed by atoms with Crippen LogP contribution < -0.4 is 0 Å². The number of carbonyl (C=O) groups excluding carboxylic acids is 1. The number of ether oxygens (including phenoxy) is 2. The molecule has 27 heavy (non-hydrogen) atoms. The average Bonchev–Trinajstić information content (AvgIpc) is 3.09. The molecule has 1 aromatic heterocycles. The third kappa shape index (κ3) is 6.74. The minimum absolute atomic E-state index is 0.0588. The van der Waals surface area contributed by atoms with Gasteiger partial charge in [-0.2, -0.15) is 0 Å². The van der Waals surface area contributed by atoms with Gasteiger partial charge in [-0.05, 0) is 26.3 Å². The molecule has 0 unspecified atom stereocenters. The van der Waals surface area contributed by atoms with Crippen molar-refractivity contribution in [2.24, 2.45) is 0 Å². The van der Waals surface area contributed by atoms with Gasteiger partial charge in [-0.15, -0.1) is 0 Å². The highest BCUT2D eigenvalue weighted by molar-refractivity contribution is 5.80. The van der Waals surface area contributed by atoms with E-state index in [1.165, 1.54) is 12.5 Å². The van der Waals surface area contributed by atoms with Crippen LogP contribution in [-0.2, 0) is 27.3 Å². The number of nitrogens with one attached hydrogen (secondary N) is 1. The van der Waals surface area contributed by atoms with Gasteiger partial charge < -0.3 is 19.6 Å². The van der Waals surface area contributed by atoms with Gasteiger partial charge in [-0.3, -0.25) is 4.90 Å². The molecule has 8 heteroatoms. The topological polar surface area (TPSA) is 105 Å². The van der Waals surface area contributed by atoms with E-state index in [1.54, 1.807) is 20.8 Å². The van der Waals surface area contributed by atoms with Crippen molar-refractivity contribution in [1.82, 2.24) is 14.9 Å². The quantitative estimate of drug-likeness (QED) is 0.688. The monoisotopic (exact) mass is 375 g/mol. The van der Waals surface area contributed by atoms with Crippen LogP contribution in [0.3, 0.4) is 0 Å². The minimum atomic E-state index is -1.16. The Labute approximate surface area is 158 Å². The Morgan fingerprint density at radius 3 is 2.52 bits per heavy atom. The first-order valence-electron chi connectivity index (χ1n) is 8.57. The second kappa shape index (κ2) is 9.18. The Morgan fingerprint density at radius 2 is 1.96 bits per heavy atom. The Kier molecular flexibility index (Phi) is 6.95. The van der Waals surface area contributed by atoms with E-state index in [9.17, 15) is 14.7 Å². The molecule has 0 aliphatic rings. The number of aromatic nitrogens is 2. The fraction of sp³-hybridized carbons (Fsp3) is 0.421. The molecule has 146 valence electrons. The van der Waals surface area contributed by atoms with E-state index < -0.39 is 23.7 Å². The summed E-state index contributed by atoms with van der Waals surface area (Å²) in [5.74, 6) is -1.15. The average molecular weight is 375 g/mol. The molecule has 0 aliphatic heterocycles. The lowest BCUT2D eigenvalue weighted by molar-refractivity contribution is -0.145. The lowest BCUT2D eigenvalue weighted by Crippen LogP contribution is -2.49. The number of benzene rings is 1. The molecule has 0 aliphatic carbocycles. The smallest absolute Gasteiger partial charge is 0.412 e. The molecule has 1 heterocycles. The predicted molar refractivity (Wildman–Crippen MR) is 97.9 cm³/mol. The number of rotatable bonds is 8. The standard InChI is InChI=1S/C19H25N3O5/c1-19(2,3)27-18(25)22(13-26-11-14-7-5-4-6-8-14)16(17(23)24)9-15-10-20-12-21-15/h4-8,10,12,16H,9,11,13H2,1-3H3,(H,20,21)(H,23,24)/t16-/m0/s1. The molecule has 1 atom stereocenters. The van der Waals surface area contributed by atoms with Crippen molar-refractivity contribution in [1.29, 1.82) is 0 Å². The van der Waals surface area contributed by atoms with Crippen LogP contribution in [0.1, 0.15) is 32.0 Å². The van der Waals surface area contributed by atoms with Gasteiger partial charge in [0.05, 0.1) is 12.9 Å². The van der Waals surface area contributed by atoms with Crippen molar-refractivity contribution in [2.45, 2.75) is 45.4 Å². The van der Waals surface area contributed by atoms with Gasteiger partial charge in [0, 0.05) is 18.3 Å². The molecule has 0 saturated carbocycles. The van der Waals surface area contributed by atoms with Crippen LogP contribution in [0.2, 0.25) is 0 Å². The summed E-state index contributed by atoms with van der Waals surface area (Å²) in [6, 6.07) is 8.26. The zero-order valence-corrected chi connectivity index (χ0v) is 15.7. The lowest BCUT2D eigenvalue weighted by Gasteiger charge is -2.31. The number of H-pyrrole nitrogens is 1. The van der Waals surface area contributed by atoms with Crippen molar-refractivity contribution < 1.29 is 24.2 Å². The minimum Gasteiger partial charge on any atom is -0.480 e. The molecular formula is C19H25N3O5. The number of carboxylic acid groups (broad SMARTS) is 1. The normalized spacial score (nSPS) is 12.4. The zero-order valence-electron chi connectivity index (χ0n) is 15.7. The van der Waals surface area contributed by atoms with Crippen LogP contribution >= 0.6 is 0 Å². The first kappa shape index (κ1) is 20.4. The number of aliphatic carboxylic acids is 1. The first-order valence-corrected chi connectivity index (χ1v) is 8.57. The third-order valence-electron chi connectivity index (χ3n) is 3.60. The van der Waals surface area contributed by atoms with Crippen LogP contribution in [0.5, 0.6) is 0 Å². The van der Waals surface area contributed by atoms with Crippen LogP contribution in [0.4, 0.5) is 4.79 Å². The highest BCUT2D eigenvalue weighted by Crippen LogP contribution is 2.15. The van der Waals surface area contributed by atoms with E-state index in [0.717, 1.165) is 10.5 Å². The number of carboxylic acids is 1. The molecular weight excluding hydrogens is 350 g/mol. The van der Waals surface area contributed by atoms with E-state index in [4.69, 9.17) is 9.47 Å². The summed E-state index contributed by atoms with van der Waals surface area (Å²) in [5, 5.41) is 9.67. The molecule has 1 amide bonds. The Bertz CT molecular complexity index is 726. The molecule has 0 fully saturated rings. The molecule has 0 spiro atoms. The number of carbonyl (C=O) groups is 2. The lowest BCUT2D eigenvalue weighted by atomic mass is 10.1. The van der Waals surface area contributed by atoms with Gasteiger partial charge in [0.15, 0.2) is 0 Å². The number of nitrogens with zero attached hydrogens (tertiary/aromatic N) is 2. The van der Waals surface area contributed by atoms with E-state index >= 15 is 0 Å². The van der Waals surface area contributed by atoms with Gasteiger partial charge in [0.25, 0.3) is 0 Å². The van der Waals surface area contributed by atoms with Gasteiger partial charge >= 0.3 is 12.1 Å². The summed E-state index contributed by atoms with van der Waals surface area (Å²) in [7, 11) is 0. The maximum Gasteiger partial charge on any atom is 0.412 e. The first-order chi connectivity index (χ1) is 12.8. The van der Waals surface area contributed by atoms with E-state index in [0.29, 0.717) is 5.69 Å². The maximum absolute atomic E-state index is 12.6. The van der Waals surface area contributed by atoms with E-state index in [2.05, 4.69) is 9.97 Å². The number of hydrogen-bond donors (Lipinski definition) is 2. The van der Waals surface area contributed by atoms with E-state index in [-0.39, 0.29) is 19.8 Å². The fourth-order valence-corrected chi connectivity index (χ4v) is 2.36. The number of imidazole rings is 1. The summed E-state index contributed by atoms with van der Waals surface area (Å²) in [6.07, 6.45) is 2.29. The second-order valence-electron chi connectivity index (χ2n) is 7.05.